The van der Waals surface area contributed by atoms with Gasteiger partial charge in [0, 0.05) is 0 Å². The van der Waals surface area contributed by atoms with E-state index in [1.807, 2.05) is 0 Å². The summed E-state index contributed by atoms with van der Waals surface area (Å²) in [6.45, 7) is 3.41. The highest BCUT2D eigenvalue weighted by atomic mass is 14.0. The van der Waals surface area contributed by atoms with Crippen LogP contribution >= 0.6 is 0 Å². The number of rotatable bonds is 0. The first kappa shape index (κ1) is 3.21. The van der Waals surface area contributed by atoms with E-state index >= 15 is 0 Å². The Labute approximate surface area is 81.3 Å². The smallest absolute Gasteiger partial charge is 0.0616 e. The van der Waals surface area contributed by atoms with E-state index < -0.39 is 0 Å². The first-order valence-corrected chi connectivity index (χ1v) is 3.75. The molecule has 2 rings (SSSR count). The fourth-order valence-electron chi connectivity index (χ4n) is 1.12. The molecular weight excluding hydrogens is 144 g/mol. The van der Waals surface area contributed by atoms with Crippen molar-refractivity contribution in [2.75, 3.05) is 0 Å². The average Bonchev–Trinajstić information content (AvgIpc) is 2.35. The molecule has 2 aromatic carbocycles. The minimum atomic E-state index is -0.358. The van der Waals surface area contributed by atoms with Gasteiger partial charge in [0.25, 0.3) is 0 Å². The standard InChI is InChI=1S/C12H12/c1-9-7-8-11-5-3-4-6-12(11)10(9)2/h3-8H,1-2H3/i3D,4D,5D,6D,7D,8D. The third-order valence-corrected chi connectivity index (χ3v) is 2.00. The molecule has 0 fully saturated rings. The zero-order valence-corrected chi connectivity index (χ0v) is 7.00. The molecule has 0 radical (unpaired) electrons. The molecule has 0 amide bonds. The van der Waals surface area contributed by atoms with Gasteiger partial charge in [0.15, 0.2) is 0 Å². The van der Waals surface area contributed by atoms with Crippen LogP contribution in [0.4, 0.5) is 0 Å². The van der Waals surface area contributed by atoms with Gasteiger partial charge >= 0.3 is 0 Å². The molecule has 0 heteroatoms. The van der Waals surface area contributed by atoms with E-state index in [0.29, 0.717) is 16.5 Å². The first-order valence-electron chi connectivity index (χ1n) is 6.75. The molecule has 0 atom stereocenters. The summed E-state index contributed by atoms with van der Waals surface area (Å²) in [7, 11) is 0. The van der Waals surface area contributed by atoms with E-state index in [1.165, 1.54) is 0 Å². The number of hydrogen-bond acceptors (Lipinski definition) is 0. The van der Waals surface area contributed by atoms with E-state index in [1.54, 1.807) is 13.8 Å². The second kappa shape index (κ2) is 2.63. The molecule has 0 saturated carbocycles. The molecule has 0 heterocycles. The molecular formula is C12H12. The van der Waals surface area contributed by atoms with E-state index in [2.05, 4.69) is 0 Å². The van der Waals surface area contributed by atoms with Crippen molar-refractivity contribution < 1.29 is 8.22 Å². The third-order valence-electron chi connectivity index (χ3n) is 2.00. The van der Waals surface area contributed by atoms with Crippen LogP contribution in [-0.2, 0) is 0 Å². The summed E-state index contributed by atoms with van der Waals surface area (Å²) < 4.78 is 46.7. The van der Waals surface area contributed by atoms with Crippen molar-refractivity contribution in [1.82, 2.24) is 0 Å². The zero-order valence-electron chi connectivity index (χ0n) is 13.0. The molecule has 12 heavy (non-hydrogen) atoms. The van der Waals surface area contributed by atoms with Crippen molar-refractivity contribution in [3.63, 3.8) is 0 Å². The Balaban J connectivity index is 3.22. The molecule has 2 aromatic rings. The van der Waals surface area contributed by atoms with Gasteiger partial charge < -0.3 is 0 Å². The van der Waals surface area contributed by atoms with Crippen LogP contribution in [0.2, 0.25) is 0 Å². The number of benzene rings is 2. The zero-order chi connectivity index (χ0) is 13.8. The Kier molecular flexibility index (Phi) is 0.705. The molecule has 0 nitrogen and oxygen atoms in total. The summed E-state index contributed by atoms with van der Waals surface area (Å²) >= 11 is 0. The summed E-state index contributed by atoms with van der Waals surface area (Å²) in [6.07, 6.45) is 0. The molecule has 0 saturated heterocycles. The summed E-state index contributed by atoms with van der Waals surface area (Å²) in [5.41, 5.74) is 1.22. The van der Waals surface area contributed by atoms with Crippen LogP contribution in [0.25, 0.3) is 10.8 Å². The quantitative estimate of drug-likeness (QED) is 0.556. The predicted octanol–water partition coefficient (Wildman–Crippen LogP) is 3.46. The lowest BCUT2D eigenvalue weighted by Crippen LogP contribution is -1.82. The van der Waals surface area contributed by atoms with Gasteiger partial charge in [-0.1, -0.05) is 36.3 Å². The van der Waals surface area contributed by atoms with Crippen molar-refractivity contribution in [3.8, 4) is 0 Å². The van der Waals surface area contributed by atoms with Crippen LogP contribution in [0.5, 0.6) is 0 Å². The lowest BCUT2D eigenvalue weighted by atomic mass is 10.0. The highest BCUT2D eigenvalue weighted by Gasteiger charge is 1.97. The van der Waals surface area contributed by atoms with Gasteiger partial charge in [-0.3, -0.25) is 0 Å². The van der Waals surface area contributed by atoms with Gasteiger partial charge in [-0.15, -0.1) is 0 Å². The maximum Gasteiger partial charge on any atom is 0.0629 e. The van der Waals surface area contributed by atoms with Crippen LogP contribution in [-0.4, -0.2) is 0 Å². The van der Waals surface area contributed by atoms with Crippen molar-refractivity contribution in [3.05, 3.63) is 47.4 Å². The second-order valence-electron chi connectivity index (χ2n) is 2.75. The van der Waals surface area contributed by atoms with Crippen molar-refractivity contribution in [2.24, 2.45) is 0 Å². The lowest BCUT2D eigenvalue weighted by Gasteiger charge is -2.04. The first-order chi connectivity index (χ1) is 8.29. The second-order valence-corrected chi connectivity index (χ2v) is 2.75. The molecule has 0 aliphatic heterocycles. The minimum absolute atomic E-state index is 0.0185. The molecule has 0 unspecified atom stereocenters. The predicted molar refractivity (Wildman–Crippen MR) is 53.4 cm³/mol. The number of hydrogen-bond donors (Lipinski definition) is 0. The van der Waals surface area contributed by atoms with E-state index in [-0.39, 0.29) is 41.6 Å². The van der Waals surface area contributed by atoms with Crippen molar-refractivity contribution in [1.29, 1.82) is 0 Å². The Morgan fingerprint density at radius 3 is 2.58 bits per heavy atom. The topological polar surface area (TPSA) is 0 Å². The van der Waals surface area contributed by atoms with E-state index in [9.17, 15) is 0 Å². The Morgan fingerprint density at radius 2 is 1.75 bits per heavy atom. The average molecular weight is 162 g/mol. The van der Waals surface area contributed by atoms with Crippen LogP contribution in [0.15, 0.2) is 36.3 Å². The van der Waals surface area contributed by atoms with Crippen molar-refractivity contribution in [2.45, 2.75) is 13.8 Å². The van der Waals surface area contributed by atoms with Gasteiger partial charge in [-0.05, 0) is 35.7 Å². The largest absolute Gasteiger partial charge is 0.0629 e. The van der Waals surface area contributed by atoms with Crippen LogP contribution in [0.1, 0.15) is 19.4 Å². The van der Waals surface area contributed by atoms with E-state index in [0.717, 1.165) is 0 Å². The van der Waals surface area contributed by atoms with Crippen molar-refractivity contribution >= 4 is 10.8 Å². The molecule has 0 aliphatic carbocycles. The molecule has 60 valence electrons. The van der Waals surface area contributed by atoms with Crippen LogP contribution < -0.4 is 0 Å². The fraction of sp³-hybridized carbons (Fsp3) is 0.167. The summed E-state index contributed by atoms with van der Waals surface area (Å²) in [5, 5.41) is 0.480. The maximum absolute atomic E-state index is 7.90. The Hall–Kier alpha value is -1.30. The van der Waals surface area contributed by atoms with Gasteiger partial charge in [0.1, 0.15) is 0 Å². The normalized spacial score (nSPS) is 17.5. The monoisotopic (exact) mass is 162 g/mol. The molecule has 0 aromatic heterocycles. The highest BCUT2D eigenvalue weighted by Crippen LogP contribution is 2.20. The molecule has 0 spiro atoms. The summed E-state index contributed by atoms with van der Waals surface area (Å²) in [6, 6.07) is -1.16. The Bertz CT molecular complexity index is 562. The number of fused-ring (bicyclic) bond motifs is 1. The van der Waals surface area contributed by atoms with Gasteiger partial charge in [-0.25, -0.2) is 0 Å². The van der Waals surface area contributed by atoms with E-state index in [4.69, 9.17) is 8.22 Å². The molecule has 0 aliphatic rings. The van der Waals surface area contributed by atoms with Gasteiger partial charge in [-0.2, -0.15) is 0 Å². The van der Waals surface area contributed by atoms with Gasteiger partial charge in [0.05, 0.1) is 8.22 Å². The van der Waals surface area contributed by atoms with Crippen LogP contribution in [0.3, 0.4) is 0 Å². The fourth-order valence-corrected chi connectivity index (χ4v) is 1.12. The van der Waals surface area contributed by atoms with Gasteiger partial charge in [0.2, 0.25) is 0 Å². The minimum Gasteiger partial charge on any atom is -0.0616 e. The summed E-state index contributed by atoms with van der Waals surface area (Å²) in [5.74, 6) is 0. The highest BCUT2D eigenvalue weighted by molar-refractivity contribution is 5.86. The SMILES string of the molecule is [2H]c1c([2H])c([2H])c2c(C)c(C)c([2H])c([2H])c2c1[2H]. The molecule has 0 bridgehead atoms. The Morgan fingerprint density at radius 1 is 1.00 bits per heavy atom. The lowest BCUT2D eigenvalue weighted by molar-refractivity contribution is 1.38. The van der Waals surface area contributed by atoms with Crippen LogP contribution in [0, 0.1) is 13.8 Å². The molecule has 0 N–H and O–H groups in total. The number of aryl methyl sites for hydroxylation is 1. The third kappa shape index (κ3) is 1.00. The summed E-state index contributed by atoms with van der Waals surface area (Å²) in [4.78, 5) is 0. The maximum atomic E-state index is 7.90.